The zero-order valence-electron chi connectivity index (χ0n) is 21.0. The van der Waals surface area contributed by atoms with Crippen molar-refractivity contribution >= 4 is 41.5 Å². The molecule has 214 valence electrons. The van der Waals surface area contributed by atoms with Gasteiger partial charge in [0.05, 0.1) is 19.0 Å². The van der Waals surface area contributed by atoms with Gasteiger partial charge in [-0.1, -0.05) is 6.42 Å². The van der Waals surface area contributed by atoms with Gasteiger partial charge in [0.2, 0.25) is 29.5 Å². The molecule has 5 amide bonds. The van der Waals surface area contributed by atoms with E-state index in [1.165, 1.54) is 0 Å². The van der Waals surface area contributed by atoms with Crippen LogP contribution in [0.15, 0.2) is 0 Å². The van der Waals surface area contributed by atoms with Crippen molar-refractivity contribution in [2.75, 3.05) is 19.6 Å². The number of likely N-dealkylation sites (tertiary alicyclic amines) is 1. The summed E-state index contributed by atoms with van der Waals surface area (Å²) in [7, 11) is 0. The number of aliphatic carboxylic acids is 2. The lowest BCUT2D eigenvalue weighted by molar-refractivity contribution is -0.146. The predicted molar refractivity (Wildman–Crippen MR) is 131 cm³/mol. The molecule has 0 saturated carbocycles. The monoisotopic (exact) mass is 543 g/mol. The van der Waals surface area contributed by atoms with E-state index in [0.717, 1.165) is 4.90 Å². The van der Waals surface area contributed by atoms with Gasteiger partial charge < -0.3 is 48.3 Å². The van der Waals surface area contributed by atoms with E-state index in [4.69, 9.17) is 22.3 Å². The molecule has 0 spiro atoms. The average molecular weight is 544 g/mol. The number of carboxylic acids is 2. The molecule has 0 radical (unpaired) electrons. The summed E-state index contributed by atoms with van der Waals surface area (Å²) in [6, 6.07) is -4.88. The lowest BCUT2D eigenvalue weighted by atomic mass is 10.1. The van der Waals surface area contributed by atoms with E-state index in [9.17, 15) is 38.7 Å². The van der Waals surface area contributed by atoms with E-state index in [2.05, 4.69) is 16.0 Å². The summed E-state index contributed by atoms with van der Waals surface area (Å²) in [5.41, 5.74) is 16.4. The summed E-state index contributed by atoms with van der Waals surface area (Å²) < 4.78 is 0. The van der Waals surface area contributed by atoms with E-state index < -0.39 is 85.0 Å². The fraction of sp³-hybridized carbons (Fsp3) is 0.682. The second kappa shape index (κ2) is 16.1. The number of rotatable bonds is 17. The van der Waals surface area contributed by atoms with Crippen LogP contribution in [0, 0.1) is 0 Å². The highest BCUT2D eigenvalue weighted by atomic mass is 16.4. The van der Waals surface area contributed by atoms with Crippen LogP contribution in [0.2, 0.25) is 0 Å². The van der Waals surface area contributed by atoms with Crippen LogP contribution in [0.25, 0.3) is 0 Å². The Morgan fingerprint density at radius 3 is 2.24 bits per heavy atom. The van der Waals surface area contributed by atoms with Crippen LogP contribution in [-0.2, 0) is 33.6 Å². The van der Waals surface area contributed by atoms with Crippen LogP contribution in [0.1, 0.15) is 51.4 Å². The lowest BCUT2D eigenvalue weighted by Crippen LogP contribution is -2.57. The van der Waals surface area contributed by atoms with Gasteiger partial charge in [0.15, 0.2) is 0 Å². The normalized spacial score (nSPS) is 17.1. The first kappa shape index (κ1) is 32.2. The molecule has 1 saturated heterocycles. The predicted octanol–water partition coefficient (Wildman–Crippen LogP) is -3.66. The minimum absolute atomic E-state index is 0.0866. The summed E-state index contributed by atoms with van der Waals surface area (Å²) in [5, 5.41) is 25.0. The smallest absolute Gasteiger partial charge is 0.326 e. The molecule has 0 aliphatic carbocycles. The molecule has 1 aliphatic heterocycles. The van der Waals surface area contributed by atoms with Crippen molar-refractivity contribution in [1.29, 1.82) is 0 Å². The quantitative estimate of drug-likeness (QED) is 0.0827. The van der Waals surface area contributed by atoms with Gasteiger partial charge in [0, 0.05) is 13.0 Å². The second-order valence-corrected chi connectivity index (χ2v) is 8.92. The number of carboxylic acid groups (broad SMARTS) is 2. The van der Waals surface area contributed by atoms with Crippen molar-refractivity contribution in [2.45, 2.75) is 75.5 Å². The molecule has 11 N–H and O–H groups in total. The van der Waals surface area contributed by atoms with E-state index in [-0.39, 0.29) is 19.4 Å². The number of hydrogen-bond donors (Lipinski definition) is 8. The molecule has 0 aromatic carbocycles. The Morgan fingerprint density at radius 1 is 0.974 bits per heavy atom. The number of primary amides is 1. The van der Waals surface area contributed by atoms with Gasteiger partial charge in [-0.2, -0.15) is 0 Å². The Hall–Kier alpha value is -3.79. The summed E-state index contributed by atoms with van der Waals surface area (Å²) in [6.07, 6.45) is 0.802. The van der Waals surface area contributed by atoms with Gasteiger partial charge in [-0.05, 0) is 38.6 Å². The molecule has 0 bridgehead atoms. The number of nitrogens with two attached hydrogens (primary N) is 3. The zero-order chi connectivity index (χ0) is 28.8. The third-order valence-corrected chi connectivity index (χ3v) is 5.87. The van der Waals surface area contributed by atoms with Crippen LogP contribution in [0.5, 0.6) is 0 Å². The Labute approximate surface area is 219 Å². The standard InChI is InChI=1S/C22H37N7O9/c23-8-2-1-4-12(24)19(34)26-11-17(31)27-14(10-16(25)30)21(36)29-9-3-5-15(29)20(35)28-13(22(37)38)6-7-18(32)33/h12-15H,1-11,23-24H2,(H2,25,30)(H,26,34)(H,27,31)(H,28,35)(H,32,33)(H,37,38)/t12-,13-,14-,15-/m0/s1. The van der Waals surface area contributed by atoms with Crippen LogP contribution in [0.4, 0.5) is 0 Å². The van der Waals surface area contributed by atoms with Gasteiger partial charge in [0.1, 0.15) is 18.1 Å². The van der Waals surface area contributed by atoms with Gasteiger partial charge >= 0.3 is 11.9 Å². The first-order chi connectivity index (χ1) is 17.9. The summed E-state index contributed by atoms with van der Waals surface area (Å²) in [5.74, 6) is -6.57. The maximum atomic E-state index is 13.2. The molecule has 1 fully saturated rings. The number of amides is 5. The zero-order valence-corrected chi connectivity index (χ0v) is 21.0. The third kappa shape index (κ3) is 11.1. The van der Waals surface area contributed by atoms with Crippen molar-refractivity contribution in [3.63, 3.8) is 0 Å². The first-order valence-electron chi connectivity index (χ1n) is 12.2. The lowest BCUT2D eigenvalue weighted by Gasteiger charge is -2.29. The maximum absolute atomic E-state index is 13.2. The van der Waals surface area contributed by atoms with Crippen molar-refractivity contribution in [3.8, 4) is 0 Å². The van der Waals surface area contributed by atoms with E-state index in [1.54, 1.807) is 0 Å². The Balaban J connectivity index is 2.81. The van der Waals surface area contributed by atoms with Gasteiger partial charge in [-0.25, -0.2) is 4.79 Å². The van der Waals surface area contributed by atoms with Gasteiger partial charge in [-0.3, -0.25) is 28.8 Å². The minimum Gasteiger partial charge on any atom is -0.481 e. The van der Waals surface area contributed by atoms with E-state index >= 15 is 0 Å². The summed E-state index contributed by atoms with van der Waals surface area (Å²) in [4.78, 5) is 85.3. The van der Waals surface area contributed by atoms with Crippen LogP contribution in [-0.4, -0.2) is 100 Å². The molecule has 16 nitrogen and oxygen atoms in total. The highest BCUT2D eigenvalue weighted by Gasteiger charge is 2.39. The Bertz CT molecular complexity index is 898. The van der Waals surface area contributed by atoms with Crippen molar-refractivity contribution in [1.82, 2.24) is 20.9 Å². The molecule has 1 rings (SSSR count). The van der Waals surface area contributed by atoms with Crippen LogP contribution in [0.3, 0.4) is 0 Å². The minimum atomic E-state index is -1.48. The Kier molecular flexibility index (Phi) is 13.7. The topological polar surface area (TPSA) is 277 Å². The second-order valence-electron chi connectivity index (χ2n) is 8.92. The molecule has 0 aromatic heterocycles. The first-order valence-corrected chi connectivity index (χ1v) is 12.2. The SMILES string of the molecule is NCCCC[C@H](N)C(=O)NCC(=O)N[C@@H](CC(N)=O)C(=O)N1CCC[C@H]1C(=O)N[C@@H](CCC(=O)O)C(=O)O. The fourth-order valence-electron chi connectivity index (χ4n) is 3.88. The van der Waals surface area contributed by atoms with Crippen molar-refractivity contribution in [3.05, 3.63) is 0 Å². The number of hydrogen-bond acceptors (Lipinski definition) is 9. The highest BCUT2D eigenvalue weighted by molar-refractivity contribution is 5.96. The third-order valence-electron chi connectivity index (χ3n) is 5.87. The number of nitrogens with zero attached hydrogens (tertiary/aromatic N) is 1. The van der Waals surface area contributed by atoms with Crippen LogP contribution >= 0.6 is 0 Å². The molecule has 16 heteroatoms. The largest absolute Gasteiger partial charge is 0.481 e. The number of nitrogens with one attached hydrogen (secondary N) is 3. The number of unbranched alkanes of at least 4 members (excludes halogenated alkanes) is 1. The van der Waals surface area contributed by atoms with Gasteiger partial charge in [0.25, 0.3) is 0 Å². The molecular weight excluding hydrogens is 506 g/mol. The molecule has 1 aliphatic rings. The molecule has 0 unspecified atom stereocenters. The highest BCUT2D eigenvalue weighted by Crippen LogP contribution is 2.20. The number of carbonyl (C=O) groups excluding carboxylic acids is 5. The van der Waals surface area contributed by atoms with E-state index in [1.807, 2.05) is 0 Å². The fourth-order valence-corrected chi connectivity index (χ4v) is 3.88. The summed E-state index contributed by atoms with van der Waals surface area (Å²) in [6.45, 7) is 0.0134. The maximum Gasteiger partial charge on any atom is 0.326 e. The molecular formula is C22H37N7O9. The molecule has 0 aromatic rings. The molecule has 4 atom stereocenters. The number of carbonyl (C=O) groups is 7. The van der Waals surface area contributed by atoms with Crippen molar-refractivity contribution < 1.29 is 43.8 Å². The molecule has 38 heavy (non-hydrogen) atoms. The van der Waals surface area contributed by atoms with Crippen LogP contribution < -0.4 is 33.2 Å². The molecule has 1 heterocycles. The van der Waals surface area contributed by atoms with Crippen molar-refractivity contribution in [2.24, 2.45) is 17.2 Å². The summed E-state index contributed by atoms with van der Waals surface area (Å²) >= 11 is 0. The average Bonchev–Trinajstić information content (AvgIpc) is 3.33. The Morgan fingerprint density at radius 2 is 1.66 bits per heavy atom. The van der Waals surface area contributed by atoms with Gasteiger partial charge in [-0.15, -0.1) is 0 Å². The van der Waals surface area contributed by atoms with E-state index in [0.29, 0.717) is 32.2 Å².